The molecule has 0 N–H and O–H groups in total. The van der Waals surface area contributed by atoms with Crippen LogP contribution in [-0.4, -0.2) is 39.0 Å². The number of esters is 1. The summed E-state index contributed by atoms with van der Waals surface area (Å²) in [6.07, 6.45) is 9.44. The summed E-state index contributed by atoms with van der Waals surface area (Å²) in [4.78, 5) is 10.8. The van der Waals surface area contributed by atoms with Gasteiger partial charge in [0.25, 0.3) is 0 Å². The van der Waals surface area contributed by atoms with Gasteiger partial charge < -0.3 is 14.2 Å². The van der Waals surface area contributed by atoms with Crippen molar-refractivity contribution in [2.24, 2.45) is 0 Å². The molecular weight excluding hydrogens is 344 g/mol. The van der Waals surface area contributed by atoms with Crippen LogP contribution in [0.2, 0.25) is 0 Å². The molecule has 0 bridgehead atoms. The van der Waals surface area contributed by atoms with Crippen LogP contribution in [0.3, 0.4) is 0 Å². The van der Waals surface area contributed by atoms with Crippen LogP contribution in [0.4, 0.5) is 0 Å². The highest BCUT2D eigenvalue weighted by Crippen LogP contribution is 2.15. The van der Waals surface area contributed by atoms with E-state index in [0.29, 0.717) is 26.4 Å². The quantitative estimate of drug-likeness (QED) is 0.246. The van der Waals surface area contributed by atoms with E-state index in [1.807, 2.05) is 0 Å². The maximum Gasteiger partial charge on any atom is 0.330 e. The molecule has 2 aromatic rings. The minimum atomic E-state index is -0.435. The maximum absolute atomic E-state index is 10.8. The fourth-order valence-electron chi connectivity index (χ4n) is 2.41. The second-order valence-electron chi connectivity index (χ2n) is 5.84. The average Bonchev–Trinajstić information content (AvgIpc) is 2.73. The molecule has 144 valence electrons. The number of ether oxygens (including phenoxy) is 3. The van der Waals surface area contributed by atoms with Crippen molar-refractivity contribution in [1.29, 1.82) is 0 Å². The van der Waals surface area contributed by atoms with Crippen LogP contribution in [0.1, 0.15) is 6.92 Å². The SMILES string of the molecule is C=CC(=O)OCCOCCOCC[n+]1ccc(-c2cc[n+](CC)cc2)cc1. The van der Waals surface area contributed by atoms with Crippen molar-refractivity contribution in [2.75, 3.05) is 33.0 Å². The summed E-state index contributed by atoms with van der Waals surface area (Å²) in [5.74, 6) is -0.435. The minimum Gasteiger partial charge on any atom is -0.460 e. The molecule has 0 radical (unpaired) electrons. The van der Waals surface area contributed by atoms with Crippen LogP contribution in [0.25, 0.3) is 11.1 Å². The van der Waals surface area contributed by atoms with Crippen LogP contribution in [0.15, 0.2) is 61.7 Å². The summed E-state index contributed by atoms with van der Waals surface area (Å²) in [6.45, 7) is 9.38. The van der Waals surface area contributed by atoms with E-state index in [1.54, 1.807) is 0 Å². The first-order chi connectivity index (χ1) is 13.2. The third-order valence-electron chi connectivity index (χ3n) is 3.99. The number of carbonyl (C=O) groups is 1. The number of aryl methyl sites for hydroxylation is 1. The minimum absolute atomic E-state index is 0.229. The lowest BCUT2D eigenvalue weighted by molar-refractivity contribution is -0.698. The summed E-state index contributed by atoms with van der Waals surface area (Å²) < 4.78 is 19.9. The Kier molecular flexibility index (Phi) is 9.17. The standard InChI is InChI=1S/C21H28N2O4/c1-3-21(24)27-18-17-26-16-15-25-14-13-23-11-7-20(8-12-23)19-5-9-22(4-2)10-6-19/h3,5-12H,1,4,13-18H2,2H3/q+2. The van der Waals surface area contributed by atoms with Crippen molar-refractivity contribution in [3.63, 3.8) is 0 Å². The zero-order chi connectivity index (χ0) is 19.3. The Hall–Kier alpha value is -2.57. The Balaban J connectivity index is 1.60. The summed E-state index contributed by atoms with van der Waals surface area (Å²) in [6, 6.07) is 8.48. The van der Waals surface area contributed by atoms with Gasteiger partial charge in [0.05, 0.1) is 19.8 Å². The summed E-state index contributed by atoms with van der Waals surface area (Å²) in [7, 11) is 0. The molecule has 6 nitrogen and oxygen atoms in total. The van der Waals surface area contributed by atoms with E-state index in [9.17, 15) is 4.79 Å². The van der Waals surface area contributed by atoms with Crippen molar-refractivity contribution in [3.05, 3.63) is 61.7 Å². The number of nitrogens with zero attached hydrogens (tertiary/aromatic N) is 2. The van der Waals surface area contributed by atoms with E-state index in [-0.39, 0.29) is 6.61 Å². The van der Waals surface area contributed by atoms with Crippen LogP contribution < -0.4 is 9.13 Å². The first kappa shape index (κ1) is 20.7. The molecule has 27 heavy (non-hydrogen) atoms. The second-order valence-corrected chi connectivity index (χ2v) is 5.84. The molecule has 2 heterocycles. The summed E-state index contributed by atoms with van der Waals surface area (Å²) >= 11 is 0. The fraction of sp³-hybridized carbons (Fsp3) is 0.381. The number of aromatic nitrogens is 2. The molecule has 0 unspecified atom stereocenters. The molecule has 0 saturated carbocycles. The maximum atomic E-state index is 10.8. The molecule has 0 aromatic carbocycles. The van der Waals surface area contributed by atoms with Crippen molar-refractivity contribution in [3.8, 4) is 11.1 Å². The third kappa shape index (κ3) is 7.68. The van der Waals surface area contributed by atoms with Gasteiger partial charge in [0.2, 0.25) is 0 Å². The number of carbonyl (C=O) groups excluding carboxylic acids is 1. The molecule has 0 saturated heterocycles. The van der Waals surface area contributed by atoms with Gasteiger partial charge in [-0.3, -0.25) is 0 Å². The van der Waals surface area contributed by atoms with Gasteiger partial charge in [-0.15, -0.1) is 0 Å². The monoisotopic (exact) mass is 372 g/mol. The normalized spacial score (nSPS) is 10.6. The number of hydrogen-bond acceptors (Lipinski definition) is 4. The number of rotatable bonds is 12. The fourth-order valence-corrected chi connectivity index (χ4v) is 2.41. The lowest BCUT2D eigenvalue weighted by atomic mass is 10.1. The van der Waals surface area contributed by atoms with Crippen molar-refractivity contribution in [2.45, 2.75) is 20.0 Å². The Labute approximate surface area is 160 Å². The molecule has 6 heteroatoms. The predicted octanol–water partition coefficient (Wildman–Crippen LogP) is 1.71. The zero-order valence-electron chi connectivity index (χ0n) is 15.9. The van der Waals surface area contributed by atoms with Crippen molar-refractivity contribution in [1.82, 2.24) is 0 Å². The topological polar surface area (TPSA) is 52.5 Å². The molecule has 2 aromatic heterocycles. The highest BCUT2D eigenvalue weighted by molar-refractivity contribution is 5.81. The van der Waals surface area contributed by atoms with Crippen molar-refractivity contribution >= 4 is 5.97 Å². The van der Waals surface area contributed by atoms with E-state index >= 15 is 0 Å². The Morgan fingerprint density at radius 2 is 1.41 bits per heavy atom. The van der Waals surface area contributed by atoms with E-state index in [0.717, 1.165) is 19.2 Å². The van der Waals surface area contributed by atoms with Crippen LogP contribution >= 0.6 is 0 Å². The predicted molar refractivity (Wildman–Crippen MR) is 101 cm³/mol. The highest BCUT2D eigenvalue weighted by atomic mass is 16.6. The van der Waals surface area contributed by atoms with Gasteiger partial charge in [0.1, 0.15) is 19.8 Å². The molecule has 0 fully saturated rings. The Morgan fingerprint density at radius 1 is 0.889 bits per heavy atom. The van der Waals surface area contributed by atoms with Gasteiger partial charge in [-0.1, -0.05) is 6.58 Å². The lowest BCUT2D eigenvalue weighted by Crippen LogP contribution is -2.35. The lowest BCUT2D eigenvalue weighted by Gasteiger charge is -2.05. The first-order valence-electron chi connectivity index (χ1n) is 9.16. The summed E-state index contributed by atoms with van der Waals surface area (Å²) in [5, 5.41) is 0. The molecule has 0 spiro atoms. The molecule has 0 aliphatic rings. The second kappa shape index (κ2) is 11.9. The average molecular weight is 372 g/mol. The van der Waals surface area contributed by atoms with E-state index in [2.05, 4.69) is 71.7 Å². The van der Waals surface area contributed by atoms with Gasteiger partial charge in [-0.05, 0) is 18.1 Å². The molecule has 0 amide bonds. The van der Waals surface area contributed by atoms with Gasteiger partial charge in [-0.25, -0.2) is 13.9 Å². The van der Waals surface area contributed by atoms with Crippen LogP contribution in [-0.2, 0) is 32.1 Å². The Morgan fingerprint density at radius 3 is 1.96 bits per heavy atom. The number of hydrogen-bond donors (Lipinski definition) is 0. The van der Waals surface area contributed by atoms with Crippen LogP contribution in [0.5, 0.6) is 0 Å². The molecule has 0 aliphatic heterocycles. The van der Waals surface area contributed by atoms with E-state index < -0.39 is 5.97 Å². The molecular formula is C21H28N2O4+2. The van der Waals surface area contributed by atoms with E-state index in [4.69, 9.17) is 14.2 Å². The zero-order valence-corrected chi connectivity index (χ0v) is 15.9. The largest absolute Gasteiger partial charge is 0.460 e. The highest BCUT2D eigenvalue weighted by Gasteiger charge is 2.05. The first-order valence-corrected chi connectivity index (χ1v) is 9.16. The van der Waals surface area contributed by atoms with Gasteiger partial charge in [0, 0.05) is 30.3 Å². The van der Waals surface area contributed by atoms with Gasteiger partial charge in [0.15, 0.2) is 31.3 Å². The third-order valence-corrected chi connectivity index (χ3v) is 3.99. The van der Waals surface area contributed by atoms with Gasteiger partial charge in [-0.2, -0.15) is 0 Å². The summed E-state index contributed by atoms with van der Waals surface area (Å²) in [5.41, 5.74) is 2.40. The Bertz CT molecular complexity index is 699. The van der Waals surface area contributed by atoms with Crippen molar-refractivity contribution < 1.29 is 28.1 Å². The van der Waals surface area contributed by atoms with Crippen LogP contribution in [0, 0.1) is 0 Å². The molecule has 0 aliphatic carbocycles. The van der Waals surface area contributed by atoms with E-state index in [1.165, 1.54) is 11.1 Å². The number of pyridine rings is 2. The smallest absolute Gasteiger partial charge is 0.330 e. The molecule has 2 rings (SSSR count). The van der Waals surface area contributed by atoms with Gasteiger partial charge >= 0.3 is 5.97 Å². The molecule has 0 atom stereocenters.